The predicted octanol–water partition coefficient (Wildman–Crippen LogP) is 1.93. The Morgan fingerprint density at radius 2 is 1.95 bits per heavy atom. The predicted molar refractivity (Wildman–Crippen MR) is 76.3 cm³/mol. The smallest absolute Gasteiger partial charge is 0.339 e. The topological polar surface area (TPSA) is 81.4 Å². The van der Waals surface area contributed by atoms with Crippen LogP contribution < -0.4 is 11.1 Å². The van der Waals surface area contributed by atoms with E-state index in [1.807, 2.05) is 0 Å². The fraction of sp³-hybridized carbons (Fsp3) is 0.467. The van der Waals surface area contributed by atoms with Gasteiger partial charge in [0.25, 0.3) is 0 Å². The van der Waals surface area contributed by atoms with Crippen LogP contribution in [0.3, 0.4) is 0 Å². The summed E-state index contributed by atoms with van der Waals surface area (Å²) < 4.78 is 4.71. The molecule has 0 bridgehead atoms. The number of nitrogens with two attached hydrogens (primary N) is 1. The molecule has 5 heteroatoms. The van der Waals surface area contributed by atoms with Crippen molar-refractivity contribution in [2.24, 2.45) is 11.7 Å². The van der Waals surface area contributed by atoms with Crippen LogP contribution in [0.1, 0.15) is 36.0 Å². The van der Waals surface area contributed by atoms with Gasteiger partial charge in [-0.05, 0) is 25.0 Å². The summed E-state index contributed by atoms with van der Waals surface area (Å²) in [5, 5.41) is 2.81. The zero-order valence-electron chi connectivity index (χ0n) is 11.6. The number of carbonyl (C=O) groups is 2. The Morgan fingerprint density at radius 1 is 1.25 bits per heavy atom. The largest absolute Gasteiger partial charge is 0.465 e. The van der Waals surface area contributed by atoms with Gasteiger partial charge in [-0.25, -0.2) is 4.79 Å². The van der Waals surface area contributed by atoms with Gasteiger partial charge in [-0.3, -0.25) is 4.79 Å². The molecular weight excluding hydrogens is 256 g/mol. The van der Waals surface area contributed by atoms with E-state index in [1.54, 1.807) is 24.3 Å². The second kappa shape index (κ2) is 6.52. The highest BCUT2D eigenvalue weighted by atomic mass is 16.5. The number of amides is 1. The lowest BCUT2D eigenvalue weighted by Gasteiger charge is -2.27. The van der Waals surface area contributed by atoms with E-state index in [2.05, 4.69) is 5.32 Å². The van der Waals surface area contributed by atoms with E-state index >= 15 is 0 Å². The van der Waals surface area contributed by atoms with Gasteiger partial charge in [0.05, 0.1) is 24.3 Å². The first-order valence-electron chi connectivity index (χ1n) is 6.87. The van der Waals surface area contributed by atoms with Crippen molar-refractivity contribution in [3.05, 3.63) is 29.8 Å². The van der Waals surface area contributed by atoms with Crippen molar-refractivity contribution >= 4 is 17.6 Å². The number of rotatable bonds is 3. The van der Waals surface area contributed by atoms with E-state index in [4.69, 9.17) is 10.5 Å². The number of esters is 1. The van der Waals surface area contributed by atoms with Gasteiger partial charge in [-0.15, -0.1) is 0 Å². The molecule has 3 N–H and O–H groups in total. The minimum atomic E-state index is -0.464. The molecule has 2 rings (SSSR count). The van der Waals surface area contributed by atoms with Crippen LogP contribution >= 0.6 is 0 Å². The van der Waals surface area contributed by atoms with Gasteiger partial charge >= 0.3 is 5.97 Å². The molecule has 20 heavy (non-hydrogen) atoms. The summed E-state index contributed by atoms with van der Waals surface area (Å²) in [6.45, 7) is 0. The number of hydrogen-bond acceptors (Lipinski definition) is 4. The Bertz CT molecular complexity index is 502. The SMILES string of the molecule is COC(=O)c1ccccc1NC(=O)C1CCCCC1N. The number of anilines is 1. The summed E-state index contributed by atoms with van der Waals surface area (Å²) >= 11 is 0. The van der Waals surface area contributed by atoms with Gasteiger partial charge in [0.2, 0.25) is 5.91 Å². The van der Waals surface area contributed by atoms with E-state index in [0.29, 0.717) is 11.3 Å². The lowest BCUT2D eigenvalue weighted by atomic mass is 9.84. The van der Waals surface area contributed by atoms with Gasteiger partial charge < -0.3 is 15.8 Å². The molecule has 0 aliphatic heterocycles. The third-order valence-electron chi connectivity index (χ3n) is 3.75. The number of methoxy groups -OCH3 is 1. The van der Waals surface area contributed by atoms with Gasteiger partial charge in [0.15, 0.2) is 0 Å². The number of ether oxygens (including phenoxy) is 1. The molecule has 1 saturated carbocycles. The van der Waals surface area contributed by atoms with Gasteiger partial charge in [-0.2, -0.15) is 0 Å². The maximum Gasteiger partial charge on any atom is 0.339 e. The molecule has 108 valence electrons. The van der Waals surface area contributed by atoms with Crippen molar-refractivity contribution < 1.29 is 14.3 Å². The van der Waals surface area contributed by atoms with Crippen LogP contribution in [0.15, 0.2) is 24.3 Å². The molecule has 0 heterocycles. The fourth-order valence-corrected chi connectivity index (χ4v) is 2.59. The average molecular weight is 276 g/mol. The van der Waals surface area contributed by atoms with Gasteiger partial charge in [0.1, 0.15) is 0 Å². The third kappa shape index (κ3) is 3.17. The van der Waals surface area contributed by atoms with Crippen LogP contribution in [0, 0.1) is 5.92 Å². The van der Waals surface area contributed by atoms with E-state index in [1.165, 1.54) is 7.11 Å². The lowest BCUT2D eigenvalue weighted by molar-refractivity contribution is -0.121. The van der Waals surface area contributed by atoms with Gasteiger partial charge in [-0.1, -0.05) is 25.0 Å². The zero-order valence-corrected chi connectivity index (χ0v) is 11.6. The standard InChI is InChI=1S/C15H20N2O3/c1-20-15(19)11-7-3-5-9-13(11)17-14(18)10-6-2-4-8-12(10)16/h3,5,7,9-10,12H,2,4,6,8,16H2,1H3,(H,17,18). The van der Waals surface area contributed by atoms with E-state index < -0.39 is 5.97 Å². The van der Waals surface area contributed by atoms with Crippen molar-refractivity contribution in [3.8, 4) is 0 Å². The molecule has 1 amide bonds. The van der Waals surface area contributed by atoms with Crippen LogP contribution in [0.5, 0.6) is 0 Å². The molecule has 0 saturated heterocycles. The Hall–Kier alpha value is -1.88. The summed E-state index contributed by atoms with van der Waals surface area (Å²) in [5.74, 6) is -0.767. The summed E-state index contributed by atoms with van der Waals surface area (Å²) in [4.78, 5) is 24.0. The van der Waals surface area contributed by atoms with Crippen LogP contribution in [-0.2, 0) is 9.53 Å². The molecule has 0 aromatic heterocycles. The Labute approximate surface area is 118 Å². The molecule has 2 unspecified atom stereocenters. The van der Waals surface area contributed by atoms with Crippen molar-refractivity contribution in [2.75, 3.05) is 12.4 Å². The maximum atomic E-state index is 12.3. The first-order chi connectivity index (χ1) is 9.63. The minimum absolute atomic E-state index is 0.103. The number of benzene rings is 1. The highest BCUT2D eigenvalue weighted by molar-refractivity contribution is 6.02. The molecule has 1 aliphatic rings. The van der Waals surface area contributed by atoms with Gasteiger partial charge in [0, 0.05) is 6.04 Å². The normalized spacial score (nSPS) is 22.1. The molecule has 5 nitrogen and oxygen atoms in total. The van der Waals surface area contributed by atoms with Crippen molar-refractivity contribution in [2.45, 2.75) is 31.7 Å². The van der Waals surface area contributed by atoms with Crippen molar-refractivity contribution in [1.29, 1.82) is 0 Å². The molecular formula is C15H20N2O3. The first kappa shape index (κ1) is 14.5. The average Bonchev–Trinajstić information content (AvgIpc) is 2.47. The number of nitrogens with one attached hydrogen (secondary N) is 1. The first-order valence-corrected chi connectivity index (χ1v) is 6.87. The summed E-state index contributed by atoms with van der Waals surface area (Å²) in [6, 6.07) is 6.71. The lowest BCUT2D eigenvalue weighted by Crippen LogP contribution is -2.40. The highest BCUT2D eigenvalue weighted by Gasteiger charge is 2.28. The maximum absolute atomic E-state index is 12.3. The fourth-order valence-electron chi connectivity index (χ4n) is 2.59. The quantitative estimate of drug-likeness (QED) is 0.826. The van der Waals surface area contributed by atoms with Crippen LogP contribution in [0.4, 0.5) is 5.69 Å². The second-order valence-corrected chi connectivity index (χ2v) is 5.08. The third-order valence-corrected chi connectivity index (χ3v) is 3.75. The number of carbonyl (C=O) groups excluding carboxylic acids is 2. The Kier molecular flexibility index (Phi) is 4.74. The summed E-state index contributed by atoms with van der Waals surface area (Å²) in [5.41, 5.74) is 6.83. The monoisotopic (exact) mass is 276 g/mol. The van der Waals surface area contributed by atoms with Crippen LogP contribution in [0.25, 0.3) is 0 Å². The second-order valence-electron chi connectivity index (χ2n) is 5.08. The Morgan fingerprint density at radius 3 is 2.65 bits per heavy atom. The minimum Gasteiger partial charge on any atom is -0.465 e. The molecule has 1 aromatic rings. The number of para-hydroxylation sites is 1. The molecule has 1 aliphatic carbocycles. The molecule has 1 fully saturated rings. The molecule has 1 aromatic carbocycles. The van der Waals surface area contributed by atoms with E-state index in [-0.39, 0.29) is 17.9 Å². The summed E-state index contributed by atoms with van der Waals surface area (Å²) in [6.07, 6.45) is 3.76. The highest BCUT2D eigenvalue weighted by Crippen LogP contribution is 2.25. The van der Waals surface area contributed by atoms with E-state index in [9.17, 15) is 9.59 Å². The summed E-state index contributed by atoms with van der Waals surface area (Å²) in [7, 11) is 1.32. The zero-order chi connectivity index (χ0) is 14.5. The Balaban J connectivity index is 2.13. The molecule has 0 radical (unpaired) electrons. The number of hydrogen-bond donors (Lipinski definition) is 2. The molecule has 2 atom stereocenters. The van der Waals surface area contributed by atoms with Crippen molar-refractivity contribution in [3.63, 3.8) is 0 Å². The van der Waals surface area contributed by atoms with E-state index in [0.717, 1.165) is 25.7 Å². The van der Waals surface area contributed by atoms with Crippen LogP contribution in [0.2, 0.25) is 0 Å². The van der Waals surface area contributed by atoms with Crippen LogP contribution in [-0.4, -0.2) is 25.0 Å². The molecule has 0 spiro atoms. The van der Waals surface area contributed by atoms with Crippen molar-refractivity contribution in [1.82, 2.24) is 0 Å².